The zero-order valence-electron chi connectivity index (χ0n) is 9.76. The van der Waals surface area contributed by atoms with Gasteiger partial charge in [0.2, 0.25) is 0 Å². The van der Waals surface area contributed by atoms with Gasteiger partial charge in [0.15, 0.2) is 0 Å². The summed E-state index contributed by atoms with van der Waals surface area (Å²) in [6, 6.07) is 0. The first-order chi connectivity index (χ1) is 6.41. The van der Waals surface area contributed by atoms with Crippen LogP contribution in [-0.2, 0) is 9.53 Å². The molecule has 1 aliphatic rings. The van der Waals surface area contributed by atoms with Gasteiger partial charge in [0, 0.05) is 0 Å². The minimum absolute atomic E-state index is 0.00588. The third-order valence-electron chi connectivity index (χ3n) is 3.70. The van der Waals surface area contributed by atoms with Crippen LogP contribution in [-0.4, -0.2) is 13.1 Å². The number of hydrogen-bond acceptors (Lipinski definition) is 2. The van der Waals surface area contributed by atoms with Crippen molar-refractivity contribution in [1.29, 1.82) is 0 Å². The van der Waals surface area contributed by atoms with Crippen LogP contribution in [0.4, 0.5) is 0 Å². The maximum Gasteiger partial charge on any atom is 0.313 e. The van der Waals surface area contributed by atoms with Crippen LogP contribution in [0.5, 0.6) is 0 Å². The van der Waals surface area contributed by atoms with Gasteiger partial charge in [0.25, 0.3) is 0 Å². The van der Waals surface area contributed by atoms with E-state index in [4.69, 9.17) is 4.74 Å². The first-order valence-electron chi connectivity index (χ1n) is 5.15. The van der Waals surface area contributed by atoms with Crippen LogP contribution >= 0.6 is 0 Å². The largest absolute Gasteiger partial charge is 0.469 e. The summed E-state index contributed by atoms with van der Waals surface area (Å²) in [7, 11) is 1.46. The molecule has 0 bridgehead atoms. The number of carbonyl (C=O) groups is 1. The fraction of sp³-hybridized carbons (Fsp3) is 0.750. The van der Waals surface area contributed by atoms with Crippen LogP contribution in [0.25, 0.3) is 0 Å². The van der Waals surface area contributed by atoms with Gasteiger partial charge in [-0.25, -0.2) is 0 Å². The van der Waals surface area contributed by atoms with Crippen molar-refractivity contribution in [3.63, 3.8) is 0 Å². The van der Waals surface area contributed by atoms with Crippen molar-refractivity contribution in [1.82, 2.24) is 0 Å². The summed E-state index contributed by atoms with van der Waals surface area (Å²) in [6.07, 6.45) is 3.23. The summed E-state index contributed by atoms with van der Waals surface area (Å²) >= 11 is 0. The number of carbonyl (C=O) groups excluding carboxylic acids is 1. The van der Waals surface area contributed by atoms with E-state index in [1.807, 2.05) is 6.92 Å². The molecular weight excluding hydrogens is 176 g/mol. The van der Waals surface area contributed by atoms with Crippen molar-refractivity contribution < 1.29 is 9.53 Å². The van der Waals surface area contributed by atoms with Gasteiger partial charge in [-0.3, -0.25) is 4.79 Å². The van der Waals surface area contributed by atoms with E-state index >= 15 is 0 Å². The van der Waals surface area contributed by atoms with E-state index in [-0.39, 0.29) is 17.3 Å². The second-order valence-corrected chi connectivity index (χ2v) is 4.86. The van der Waals surface area contributed by atoms with Crippen LogP contribution in [0.1, 0.15) is 34.1 Å². The van der Waals surface area contributed by atoms with Crippen molar-refractivity contribution in [2.45, 2.75) is 34.1 Å². The van der Waals surface area contributed by atoms with Crippen LogP contribution < -0.4 is 0 Å². The van der Waals surface area contributed by atoms with E-state index in [0.717, 1.165) is 12.0 Å². The minimum Gasteiger partial charge on any atom is -0.469 e. The summed E-state index contributed by atoms with van der Waals surface area (Å²) in [4.78, 5) is 11.7. The molecule has 2 atom stereocenters. The SMILES string of the molecule is COC(=O)C1C(C)=CC[C@H](C)C1(C)C. The maximum absolute atomic E-state index is 11.7. The monoisotopic (exact) mass is 196 g/mol. The van der Waals surface area contributed by atoms with Crippen molar-refractivity contribution in [3.05, 3.63) is 11.6 Å². The molecule has 0 aliphatic heterocycles. The highest BCUT2D eigenvalue weighted by atomic mass is 16.5. The predicted octanol–water partition coefficient (Wildman–Crippen LogP) is 2.79. The van der Waals surface area contributed by atoms with Gasteiger partial charge >= 0.3 is 5.97 Å². The lowest BCUT2D eigenvalue weighted by Crippen LogP contribution is -2.40. The number of ether oxygens (including phenoxy) is 1. The Labute approximate surface area is 86.3 Å². The molecule has 0 saturated carbocycles. The van der Waals surface area contributed by atoms with Gasteiger partial charge in [-0.15, -0.1) is 0 Å². The van der Waals surface area contributed by atoms with Crippen molar-refractivity contribution in [2.75, 3.05) is 7.11 Å². The van der Waals surface area contributed by atoms with Crippen LogP contribution in [0.15, 0.2) is 11.6 Å². The normalized spacial score (nSPS) is 30.8. The number of methoxy groups -OCH3 is 1. The Morgan fingerprint density at radius 2 is 2.14 bits per heavy atom. The molecule has 1 unspecified atom stereocenters. The molecule has 0 aromatic rings. The Morgan fingerprint density at radius 1 is 1.57 bits per heavy atom. The van der Waals surface area contributed by atoms with Crippen molar-refractivity contribution >= 4 is 5.97 Å². The quantitative estimate of drug-likeness (QED) is 0.476. The second kappa shape index (κ2) is 3.76. The van der Waals surface area contributed by atoms with Crippen LogP contribution in [0.2, 0.25) is 0 Å². The zero-order chi connectivity index (χ0) is 10.9. The predicted molar refractivity (Wildman–Crippen MR) is 56.8 cm³/mol. The Morgan fingerprint density at radius 3 is 2.64 bits per heavy atom. The topological polar surface area (TPSA) is 26.3 Å². The van der Waals surface area contributed by atoms with Crippen molar-refractivity contribution in [3.8, 4) is 0 Å². The van der Waals surface area contributed by atoms with Gasteiger partial charge in [-0.2, -0.15) is 0 Å². The summed E-state index contributed by atoms with van der Waals surface area (Å²) in [5.41, 5.74) is 1.16. The summed E-state index contributed by atoms with van der Waals surface area (Å²) in [5, 5.41) is 0. The molecule has 1 rings (SSSR count). The lowest BCUT2D eigenvalue weighted by Gasteiger charge is -2.41. The van der Waals surface area contributed by atoms with Gasteiger partial charge in [0.1, 0.15) is 0 Å². The summed E-state index contributed by atoms with van der Waals surface area (Å²) in [5.74, 6) is 0.349. The third-order valence-corrected chi connectivity index (χ3v) is 3.70. The first kappa shape index (κ1) is 11.3. The maximum atomic E-state index is 11.7. The molecule has 2 heteroatoms. The molecule has 0 N–H and O–H groups in total. The molecule has 2 nitrogen and oxygen atoms in total. The standard InChI is InChI=1S/C12H20O2/c1-8-6-7-9(2)12(3,4)10(8)11(13)14-5/h6,9-10H,7H2,1-5H3/t9-,10?/m0/s1. The van der Waals surface area contributed by atoms with Crippen molar-refractivity contribution in [2.24, 2.45) is 17.3 Å². The lowest BCUT2D eigenvalue weighted by atomic mass is 9.63. The average Bonchev–Trinajstić information content (AvgIpc) is 2.11. The molecule has 0 aromatic carbocycles. The van der Waals surface area contributed by atoms with E-state index in [1.54, 1.807) is 0 Å². The highest BCUT2D eigenvalue weighted by Gasteiger charge is 2.42. The number of rotatable bonds is 1. The molecule has 1 aliphatic carbocycles. The molecule has 0 aromatic heterocycles. The van der Waals surface area contributed by atoms with E-state index in [0.29, 0.717) is 5.92 Å². The molecule has 0 heterocycles. The Balaban J connectivity index is 3.04. The first-order valence-corrected chi connectivity index (χ1v) is 5.15. The van der Waals surface area contributed by atoms with Gasteiger partial charge in [-0.05, 0) is 24.7 Å². The van der Waals surface area contributed by atoms with E-state index in [1.165, 1.54) is 7.11 Å². The Bertz CT molecular complexity index is 263. The average molecular weight is 196 g/mol. The molecule has 80 valence electrons. The van der Waals surface area contributed by atoms with E-state index in [2.05, 4.69) is 26.8 Å². The fourth-order valence-electron chi connectivity index (χ4n) is 2.26. The van der Waals surface area contributed by atoms with Gasteiger partial charge in [-0.1, -0.05) is 32.4 Å². The Hall–Kier alpha value is -0.790. The van der Waals surface area contributed by atoms with Crippen LogP contribution in [0.3, 0.4) is 0 Å². The number of hydrogen-bond donors (Lipinski definition) is 0. The van der Waals surface area contributed by atoms with E-state index in [9.17, 15) is 4.79 Å². The molecular formula is C12H20O2. The Kier molecular flexibility index (Phi) is 3.03. The number of esters is 1. The minimum atomic E-state index is -0.102. The molecule has 14 heavy (non-hydrogen) atoms. The van der Waals surface area contributed by atoms with Gasteiger partial charge in [0.05, 0.1) is 13.0 Å². The fourth-order valence-corrected chi connectivity index (χ4v) is 2.26. The summed E-state index contributed by atoms with van der Waals surface area (Å²) < 4.78 is 4.86. The number of allylic oxidation sites excluding steroid dienone is 1. The second-order valence-electron chi connectivity index (χ2n) is 4.86. The zero-order valence-corrected chi connectivity index (χ0v) is 9.76. The molecule has 0 fully saturated rings. The molecule has 0 saturated heterocycles. The summed E-state index contributed by atoms with van der Waals surface area (Å²) in [6.45, 7) is 8.51. The highest BCUT2D eigenvalue weighted by Crippen LogP contribution is 2.45. The molecule has 0 radical (unpaired) electrons. The smallest absolute Gasteiger partial charge is 0.313 e. The third kappa shape index (κ3) is 1.70. The molecule has 0 spiro atoms. The lowest BCUT2D eigenvalue weighted by molar-refractivity contribution is -0.149. The molecule has 0 amide bonds. The van der Waals surface area contributed by atoms with Crippen LogP contribution in [0, 0.1) is 17.3 Å². The van der Waals surface area contributed by atoms with Gasteiger partial charge < -0.3 is 4.74 Å². The van der Waals surface area contributed by atoms with E-state index < -0.39 is 0 Å². The highest BCUT2D eigenvalue weighted by molar-refractivity contribution is 5.76.